The summed E-state index contributed by atoms with van der Waals surface area (Å²) in [6.07, 6.45) is 1.51. The number of nitriles is 1. The fourth-order valence-electron chi connectivity index (χ4n) is 2.35. The predicted octanol–water partition coefficient (Wildman–Crippen LogP) is 5.78. The van der Waals surface area contributed by atoms with E-state index in [4.69, 9.17) is 0 Å². The van der Waals surface area contributed by atoms with E-state index in [1.165, 1.54) is 23.5 Å². The number of ether oxygens (including phenoxy) is 1. The maximum atomic E-state index is 12.5. The molecule has 0 amide bonds. The van der Waals surface area contributed by atoms with Gasteiger partial charge in [0.25, 0.3) is 0 Å². The van der Waals surface area contributed by atoms with Crippen LogP contribution in [0.5, 0.6) is 5.75 Å². The van der Waals surface area contributed by atoms with E-state index < -0.39 is 6.61 Å². The largest absolute Gasteiger partial charge is 0.434 e. The van der Waals surface area contributed by atoms with E-state index in [1.54, 1.807) is 18.2 Å². The highest BCUT2D eigenvalue weighted by atomic mass is 32.1. The SMILES string of the molecule is Cc1ccc(-c2csc(/C(C#N)=C/c3ccccc3OC(F)F)n2)cc1. The smallest absolute Gasteiger partial charge is 0.387 e. The third-order valence-electron chi connectivity index (χ3n) is 3.64. The second-order valence-electron chi connectivity index (χ2n) is 5.49. The molecule has 0 unspecified atom stereocenters. The van der Waals surface area contributed by atoms with E-state index >= 15 is 0 Å². The van der Waals surface area contributed by atoms with Crippen LogP contribution in [0, 0.1) is 18.3 Å². The van der Waals surface area contributed by atoms with Crippen LogP contribution in [0.1, 0.15) is 16.1 Å². The summed E-state index contributed by atoms with van der Waals surface area (Å²) in [6, 6.07) is 16.4. The molecular weight excluding hydrogens is 354 g/mol. The van der Waals surface area contributed by atoms with Crippen molar-refractivity contribution in [3.63, 3.8) is 0 Å². The molecule has 3 rings (SSSR count). The summed E-state index contributed by atoms with van der Waals surface area (Å²) in [6.45, 7) is -0.922. The number of thiazole rings is 1. The van der Waals surface area contributed by atoms with Crippen molar-refractivity contribution in [2.45, 2.75) is 13.5 Å². The number of halogens is 2. The average Bonchev–Trinajstić information content (AvgIpc) is 3.11. The number of rotatable bonds is 5. The quantitative estimate of drug-likeness (QED) is 0.536. The van der Waals surface area contributed by atoms with E-state index in [9.17, 15) is 14.0 Å². The Labute approximate surface area is 153 Å². The number of aryl methyl sites for hydroxylation is 1. The number of hydrogen-bond donors (Lipinski definition) is 0. The average molecular weight is 368 g/mol. The van der Waals surface area contributed by atoms with E-state index in [1.807, 2.05) is 36.6 Å². The lowest BCUT2D eigenvalue weighted by molar-refractivity contribution is -0.0499. The van der Waals surface area contributed by atoms with Gasteiger partial charge < -0.3 is 4.74 Å². The topological polar surface area (TPSA) is 45.9 Å². The first kappa shape index (κ1) is 17.8. The summed E-state index contributed by atoms with van der Waals surface area (Å²) < 4.78 is 29.6. The zero-order valence-corrected chi connectivity index (χ0v) is 14.6. The molecule has 0 radical (unpaired) electrons. The minimum Gasteiger partial charge on any atom is -0.434 e. The molecule has 0 aliphatic rings. The van der Waals surface area contributed by atoms with Gasteiger partial charge >= 0.3 is 6.61 Å². The van der Waals surface area contributed by atoms with E-state index in [-0.39, 0.29) is 5.75 Å². The van der Waals surface area contributed by atoms with Gasteiger partial charge in [-0.05, 0) is 19.1 Å². The highest BCUT2D eigenvalue weighted by Gasteiger charge is 2.12. The molecule has 0 aliphatic heterocycles. The molecule has 0 saturated carbocycles. The van der Waals surface area contributed by atoms with Crippen molar-refractivity contribution < 1.29 is 13.5 Å². The second kappa shape index (κ2) is 7.89. The molecule has 0 atom stereocenters. The summed E-state index contributed by atoms with van der Waals surface area (Å²) >= 11 is 1.33. The number of benzene rings is 2. The van der Waals surface area contributed by atoms with Gasteiger partial charge in [-0.2, -0.15) is 14.0 Å². The third-order valence-corrected chi connectivity index (χ3v) is 4.51. The highest BCUT2D eigenvalue weighted by molar-refractivity contribution is 7.11. The van der Waals surface area contributed by atoms with Crippen LogP contribution in [0.15, 0.2) is 53.9 Å². The number of para-hydroxylation sites is 1. The zero-order valence-electron chi connectivity index (χ0n) is 13.8. The molecule has 6 heteroatoms. The second-order valence-corrected chi connectivity index (χ2v) is 6.35. The molecule has 0 saturated heterocycles. The van der Waals surface area contributed by atoms with Gasteiger partial charge in [0, 0.05) is 16.5 Å². The highest BCUT2D eigenvalue weighted by Crippen LogP contribution is 2.29. The lowest BCUT2D eigenvalue weighted by Crippen LogP contribution is -2.03. The van der Waals surface area contributed by atoms with Gasteiger partial charge in [-0.3, -0.25) is 0 Å². The van der Waals surface area contributed by atoms with Crippen LogP contribution in [-0.4, -0.2) is 11.6 Å². The van der Waals surface area contributed by atoms with Gasteiger partial charge in [0.15, 0.2) is 0 Å². The molecule has 0 spiro atoms. The molecule has 1 aromatic heterocycles. The minimum atomic E-state index is -2.93. The van der Waals surface area contributed by atoms with Crippen LogP contribution in [0.25, 0.3) is 22.9 Å². The Kier molecular flexibility index (Phi) is 5.40. The van der Waals surface area contributed by atoms with Gasteiger partial charge in [0.05, 0.1) is 11.3 Å². The van der Waals surface area contributed by atoms with Crippen LogP contribution in [0.4, 0.5) is 8.78 Å². The van der Waals surface area contributed by atoms with Crippen LogP contribution in [0.3, 0.4) is 0 Å². The molecule has 3 aromatic rings. The fourth-order valence-corrected chi connectivity index (χ4v) is 3.15. The maximum absolute atomic E-state index is 12.5. The molecule has 130 valence electrons. The summed E-state index contributed by atoms with van der Waals surface area (Å²) in [7, 11) is 0. The fraction of sp³-hybridized carbons (Fsp3) is 0.100. The van der Waals surface area contributed by atoms with Gasteiger partial charge in [-0.15, -0.1) is 11.3 Å². The molecule has 0 aliphatic carbocycles. The Balaban J connectivity index is 1.94. The zero-order chi connectivity index (χ0) is 18.5. The maximum Gasteiger partial charge on any atom is 0.387 e. The molecule has 1 heterocycles. The Bertz CT molecular complexity index is 972. The van der Waals surface area contributed by atoms with Crippen molar-refractivity contribution >= 4 is 23.0 Å². The first-order chi connectivity index (χ1) is 12.6. The van der Waals surface area contributed by atoms with E-state index in [0.717, 1.165) is 16.8 Å². The molecule has 0 N–H and O–H groups in total. The Morgan fingerprint density at radius 1 is 1.19 bits per heavy atom. The lowest BCUT2D eigenvalue weighted by Gasteiger charge is -2.07. The lowest BCUT2D eigenvalue weighted by atomic mass is 10.1. The summed E-state index contributed by atoms with van der Waals surface area (Å²) in [5, 5.41) is 11.9. The van der Waals surface area contributed by atoms with Crippen molar-refractivity contribution in [3.8, 4) is 23.1 Å². The van der Waals surface area contributed by atoms with Crippen molar-refractivity contribution in [1.82, 2.24) is 4.98 Å². The number of allylic oxidation sites excluding steroid dienone is 1. The van der Waals surface area contributed by atoms with Crippen LogP contribution in [0.2, 0.25) is 0 Å². The predicted molar refractivity (Wildman–Crippen MR) is 98.8 cm³/mol. The molecule has 2 aromatic carbocycles. The van der Waals surface area contributed by atoms with Gasteiger partial charge in [-0.25, -0.2) is 4.98 Å². The van der Waals surface area contributed by atoms with E-state index in [0.29, 0.717) is 16.1 Å². The molecule has 0 bridgehead atoms. The first-order valence-corrected chi connectivity index (χ1v) is 8.63. The molecule has 3 nitrogen and oxygen atoms in total. The minimum absolute atomic E-state index is 0.0190. The van der Waals surface area contributed by atoms with Gasteiger partial charge in [0.1, 0.15) is 16.8 Å². The van der Waals surface area contributed by atoms with Crippen LogP contribution in [-0.2, 0) is 0 Å². The first-order valence-electron chi connectivity index (χ1n) is 7.75. The van der Waals surface area contributed by atoms with E-state index in [2.05, 4.69) is 15.8 Å². The number of aromatic nitrogens is 1. The van der Waals surface area contributed by atoms with Gasteiger partial charge in [-0.1, -0.05) is 48.0 Å². The summed E-state index contributed by atoms with van der Waals surface area (Å²) in [5.74, 6) is 0.0190. The number of alkyl halides is 2. The van der Waals surface area contributed by atoms with Crippen LogP contribution < -0.4 is 4.74 Å². The van der Waals surface area contributed by atoms with Crippen molar-refractivity contribution in [3.05, 3.63) is 70.0 Å². The summed E-state index contributed by atoms with van der Waals surface area (Å²) in [5.41, 5.74) is 3.56. The summed E-state index contributed by atoms with van der Waals surface area (Å²) in [4.78, 5) is 4.51. The monoisotopic (exact) mass is 368 g/mol. The molecular formula is C20H14F2N2OS. The normalized spacial score (nSPS) is 11.4. The standard InChI is InChI=1S/C20H14F2N2OS/c1-13-6-8-14(9-7-13)17-12-26-19(24-17)16(11-23)10-15-4-2-3-5-18(15)25-20(21)22/h2-10,12,20H,1H3/b16-10+. The Morgan fingerprint density at radius 2 is 1.92 bits per heavy atom. The molecule has 26 heavy (non-hydrogen) atoms. The number of nitrogens with zero attached hydrogens (tertiary/aromatic N) is 2. The third kappa shape index (κ3) is 4.13. The van der Waals surface area contributed by atoms with Gasteiger partial charge in [0.2, 0.25) is 0 Å². The Morgan fingerprint density at radius 3 is 2.62 bits per heavy atom. The number of hydrogen-bond acceptors (Lipinski definition) is 4. The van der Waals surface area contributed by atoms with Crippen molar-refractivity contribution in [2.24, 2.45) is 0 Å². The Hall–Kier alpha value is -3.04. The van der Waals surface area contributed by atoms with Crippen molar-refractivity contribution in [1.29, 1.82) is 5.26 Å². The molecule has 0 fully saturated rings. The van der Waals surface area contributed by atoms with Crippen molar-refractivity contribution in [2.75, 3.05) is 0 Å². The van der Waals surface area contributed by atoms with Crippen LogP contribution >= 0.6 is 11.3 Å².